The molecule has 1 aromatic carbocycles. The molecule has 0 saturated carbocycles. The molecule has 0 heterocycles. The van der Waals surface area contributed by atoms with Gasteiger partial charge in [0.25, 0.3) is 0 Å². The van der Waals surface area contributed by atoms with Gasteiger partial charge < -0.3 is 10.6 Å². The zero-order chi connectivity index (χ0) is 15.3. The van der Waals surface area contributed by atoms with Crippen LogP contribution in [0.2, 0.25) is 0 Å². The molecule has 0 aliphatic carbocycles. The lowest BCUT2D eigenvalue weighted by molar-refractivity contribution is -0.137. The van der Waals surface area contributed by atoms with Gasteiger partial charge in [-0.3, -0.25) is 9.59 Å². The lowest BCUT2D eigenvalue weighted by atomic mass is 10.1. The Bertz CT molecular complexity index is 513. The molecule has 1 rings (SSSR count). The van der Waals surface area contributed by atoms with E-state index in [9.17, 15) is 22.8 Å². The van der Waals surface area contributed by atoms with Gasteiger partial charge in [0.2, 0.25) is 11.8 Å². The van der Waals surface area contributed by atoms with Gasteiger partial charge in [-0.1, -0.05) is 6.92 Å². The van der Waals surface area contributed by atoms with Crippen molar-refractivity contribution < 1.29 is 22.8 Å². The summed E-state index contributed by atoms with van der Waals surface area (Å²) in [5.41, 5.74) is -1.28. The zero-order valence-corrected chi connectivity index (χ0v) is 11.1. The van der Waals surface area contributed by atoms with E-state index in [4.69, 9.17) is 0 Å². The van der Waals surface area contributed by atoms with Crippen LogP contribution < -0.4 is 10.6 Å². The monoisotopic (exact) mass is 288 g/mol. The first kappa shape index (κ1) is 16.0. The van der Waals surface area contributed by atoms with E-state index in [0.29, 0.717) is 6.42 Å². The van der Waals surface area contributed by atoms with Crippen LogP contribution in [0.5, 0.6) is 0 Å². The summed E-state index contributed by atoms with van der Waals surface area (Å²) >= 11 is 0. The van der Waals surface area contributed by atoms with Gasteiger partial charge in [-0.2, -0.15) is 13.2 Å². The minimum atomic E-state index is -4.62. The summed E-state index contributed by atoms with van der Waals surface area (Å²) in [6, 6.07) is 3.23. The highest BCUT2D eigenvalue weighted by molar-refractivity contribution is 5.93. The van der Waals surface area contributed by atoms with E-state index >= 15 is 0 Å². The van der Waals surface area contributed by atoms with Crippen LogP contribution in [0.4, 0.5) is 24.5 Å². The van der Waals surface area contributed by atoms with Crippen molar-refractivity contribution in [1.82, 2.24) is 0 Å². The maximum absolute atomic E-state index is 12.9. The number of amides is 2. The first-order chi connectivity index (χ1) is 9.24. The van der Waals surface area contributed by atoms with Gasteiger partial charge in [0, 0.05) is 19.0 Å². The van der Waals surface area contributed by atoms with Crippen LogP contribution in [0.1, 0.15) is 32.3 Å². The van der Waals surface area contributed by atoms with Gasteiger partial charge in [0.05, 0.1) is 11.3 Å². The number of benzene rings is 1. The number of alkyl halides is 3. The van der Waals surface area contributed by atoms with E-state index in [1.807, 2.05) is 0 Å². The highest BCUT2D eigenvalue weighted by Gasteiger charge is 2.34. The first-order valence-electron chi connectivity index (χ1n) is 6.02. The number of nitrogens with one attached hydrogen (secondary N) is 2. The van der Waals surface area contributed by atoms with Crippen LogP contribution >= 0.6 is 0 Å². The Balaban J connectivity index is 3.10. The fraction of sp³-hybridized carbons (Fsp3) is 0.385. The van der Waals surface area contributed by atoms with E-state index in [1.165, 1.54) is 13.0 Å². The minimum absolute atomic E-state index is 0.0262. The predicted molar refractivity (Wildman–Crippen MR) is 69.3 cm³/mol. The Labute approximate surface area is 114 Å². The molecule has 0 spiro atoms. The molecule has 0 aliphatic heterocycles. The van der Waals surface area contributed by atoms with E-state index in [-0.39, 0.29) is 17.8 Å². The number of rotatable bonds is 4. The molecule has 1 aromatic rings. The fourth-order valence-corrected chi connectivity index (χ4v) is 1.61. The number of hydrogen-bond acceptors (Lipinski definition) is 2. The van der Waals surface area contributed by atoms with Crippen molar-refractivity contribution in [3.05, 3.63) is 23.8 Å². The Kier molecular flexibility index (Phi) is 5.12. The highest BCUT2D eigenvalue weighted by Crippen LogP contribution is 2.36. The molecule has 0 fully saturated rings. The minimum Gasteiger partial charge on any atom is -0.326 e. The summed E-state index contributed by atoms with van der Waals surface area (Å²) in [4.78, 5) is 22.3. The van der Waals surface area contributed by atoms with Crippen LogP contribution in [0.15, 0.2) is 18.2 Å². The molecule has 0 unspecified atom stereocenters. The molecule has 20 heavy (non-hydrogen) atoms. The summed E-state index contributed by atoms with van der Waals surface area (Å²) in [7, 11) is 0. The SMILES string of the molecule is CCCC(=O)Nc1ccc(NC(C)=O)cc1C(F)(F)F. The molecular formula is C13H15F3N2O2. The molecule has 4 nitrogen and oxygen atoms in total. The van der Waals surface area contributed by atoms with Gasteiger partial charge in [0.15, 0.2) is 0 Å². The van der Waals surface area contributed by atoms with Gasteiger partial charge in [-0.05, 0) is 24.6 Å². The third-order valence-corrected chi connectivity index (χ3v) is 2.40. The van der Waals surface area contributed by atoms with Gasteiger partial charge in [-0.15, -0.1) is 0 Å². The fourth-order valence-electron chi connectivity index (χ4n) is 1.61. The number of halogens is 3. The quantitative estimate of drug-likeness (QED) is 0.892. The van der Waals surface area contributed by atoms with Gasteiger partial charge >= 0.3 is 6.18 Å². The van der Waals surface area contributed by atoms with Crippen LogP contribution in [0.25, 0.3) is 0 Å². The van der Waals surface area contributed by atoms with Crippen LogP contribution in [0, 0.1) is 0 Å². The molecule has 2 amide bonds. The summed E-state index contributed by atoms with van der Waals surface area (Å²) < 4.78 is 38.8. The molecule has 110 valence electrons. The summed E-state index contributed by atoms with van der Waals surface area (Å²) in [6.07, 6.45) is -3.94. The first-order valence-corrected chi connectivity index (χ1v) is 6.02. The molecule has 0 aliphatic rings. The Hall–Kier alpha value is -2.05. The average Bonchev–Trinajstić information content (AvgIpc) is 2.29. The average molecular weight is 288 g/mol. The molecule has 7 heteroatoms. The second kappa shape index (κ2) is 6.40. The molecule has 2 N–H and O–H groups in total. The molecule has 0 radical (unpaired) electrons. The Morgan fingerprint density at radius 3 is 2.35 bits per heavy atom. The molecule has 0 bridgehead atoms. The molecule has 0 atom stereocenters. The number of anilines is 2. The number of hydrogen-bond donors (Lipinski definition) is 2. The van der Waals surface area contributed by atoms with Crippen molar-refractivity contribution in [2.45, 2.75) is 32.9 Å². The van der Waals surface area contributed by atoms with Crippen LogP contribution in [-0.4, -0.2) is 11.8 Å². The van der Waals surface area contributed by atoms with Crippen molar-refractivity contribution in [2.24, 2.45) is 0 Å². The highest BCUT2D eigenvalue weighted by atomic mass is 19.4. The van der Waals surface area contributed by atoms with Gasteiger partial charge in [-0.25, -0.2) is 0 Å². The summed E-state index contributed by atoms with van der Waals surface area (Å²) in [6.45, 7) is 2.95. The standard InChI is InChI=1S/C13H15F3N2O2/c1-3-4-12(20)18-11-6-5-9(17-8(2)19)7-10(11)13(14,15)16/h5-7H,3-4H2,1-2H3,(H,17,19)(H,18,20). The van der Waals surface area contributed by atoms with Crippen molar-refractivity contribution in [2.75, 3.05) is 10.6 Å². The number of carbonyl (C=O) groups is 2. The Morgan fingerprint density at radius 1 is 1.20 bits per heavy atom. The molecule has 0 saturated heterocycles. The predicted octanol–water partition coefficient (Wildman–Crippen LogP) is 3.40. The van der Waals surface area contributed by atoms with E-state index in [2.05, 4.69) is 10.6 Å². The van der Waals surface area contributed by atoms with Crippen molar-refractivity contribution in [1.29, 1.82) is 0 Å². The topological polar surface area (TPSA) is 58.2 Å². The summed E-state index contributed by atoms with van der Waals surface area (Å²) in [5.74, 6) is -0.953. The van der Waals surface area contributed by atoms with E-state index < -0.39 is 23.6 Å². The lowest BCUT2D eigenvalue weighted by Gasteiger charge is -2.15. The molecular weight excluding hydrogens is 273 g/mol. The number of carbonyl (C=O) groups excluding carboxylic acids is 2. The van der Waals surface area contributed by atoms with Crippen molar-refractivity contribution in [3.63, 3.8) is 0 Å². The van der Waals surface area contributed by atoms with Crippen LogP contribution in [0.3, 0.4) is 0 Å². The summed E-state index contributed by atoms with van der Waals surface area (Å²) in [5, 5.41) is 4.50. The van der Waals surface area contributed by atoms with Crippen molar-refractivity contribution in [3.8, 4) is 0 Å². The maximum Gasteiger partial charge on any atom is 0.418 e. The normalized spacial score (nSPS) is 11.1. The Morgan fingerprint density at radius 2 is 1.85 bits per heavy atom. The van der Waals surface area contributed by atoms with E-state index in [1.54, 1.807) is 6.92 Å². The third kappa shape index (κ3) is 4.56. The van der Waals surface area contributed by atoms with Crippen molar-refractivity contribution >= 4 is 23.2 Å². The zero-order valence-electron chi connectivity index (χ0n) is 11.1. The smallest absolute Gasteiger partial charge is 0.326 e. The van der Waals surface area contributed by atoms with Crippen LogP contribution in [-0.2, 0) is 15.8 Å². The lowest BCUT2D eigenvalue weighted by Crippen LogP contribution is -2.17. The largest absolute Gasteiger partial charge is 0.418 e. The van der Waals surface area contributed by atoms with Gasteiger partial charge in [0.1, 0.15) is 0 Å². The second-order valence-electron chi connectivity index (χ2n) is 4.24. The molecule has 0 aromatic heterocycles. The maximum atomic E-state index is 12.9. The second-order valence-corrected chi connectivity index (χ2v) is 4.24. The third-order valence-electron chi connectivity index (χ3n) is 2.40. The van der Waals surface area contributed by atoms with E-state index in [0.717, 1.165) is 12.1 Å².